The summed E-state index contributed by atoms with van der Waals surface area (Å²) in [6.45, 7) is 2.65. The predicted molar refractivity (Wildman–Crippen MR) is 111 cm³/mol. The number of nitrogens with zero attached hydrogens (tertiary/aromatic N) is 2. The number of benzene rings is 1. The summed E-state index contributed by atoms with van der Waals surface area (Å²) in [6, 6.07) is 7.34. The largest absolute Gasteiger partial charge is 0.496 e. The minimum Gasteiger partial charge on any atom is -0.496 e. The van der Waals surface area contributed by atoms with Crippen molar-refractivity contribution >= 4 is 11.8 Å². The van der Waals surface area contributed by atoms with Crippen LogP contribution in [0.15, 0.2) is 24.3 Å². The van der Waals surface area contributed by atoms with Gasteiger partial charge in [-0.1, -0.05) is 44.2 Å². The van der Waals surface area contributed by atoms with Gasteiger partial charge in [0.1, 0.15) is 5.75 Å². The molecule has 1 heterocycles. The number of amides is 2. The maximum absolute atomic E-state index is 12.9. The second-order valence-electron chi connectivity index (χ2n) is 8.12. The van der Waals surface area contributed by atoms with Crippen molar-refractivity contribution in [3.05, 3.63) is 29.8 Å². The van der Waals surface area contributed by atoms with E-state index in [0.29, 0.717) is 37.4 Å². The molecule has 154 valence electrons. The number of carbonyl (C=O) groups is 2. The Bertz CT molecular complexity index is 655. The van der Waals surface area contributed by atoms with Gasteiger partial charge < -0.3 is 14.5 Å². The van der Waals surface area contributed by atoms with Gasteiger partial charge in [0.15, 0.2) is 0 Å². The third-order valence-corrected chi connectivity index (χ3v) is 6.20. The van der Waals surface area contributed by atoms with E-state index >= 15 is 0 Å². The molecule has 1 saturated heterocycles. The molecule has 0 N–H and O–H groups in total. The third kappa shape index (κ3) is 5.49. The van der Waals surface area contributed by atoms with Crippen molar-refractivity contribution in [2.24, 2.45) is 5.92 Å². The normalized spacial score (nSPS) is 18.6. The minimum atomic E-state index is -0.0101. The van der Waals surface area contributed by atoms with Gasteiger partial charge in [-0.2, -0.15) is 0 Å². The molecule has 0 atom stereocenters. The van der Waals surface area contributed by atoms with Crippen molar-refractivity contribution in [3.8, 4) is 5.75 Å². The summed E-state index contributed by atoms with van der Waals surface area (Å²) in [4.78, 5) is 29.3. The average molecular weight is 387 g/mol. The topological polar surface area (TPSA) is 49.9 Å². The molecule has 2 fully saturated rings. The van der Waals surface area contributed by atoms with Gasteiger partial charge in [-0.05, 0) is 37.3 Å². The first-order valence-electron chi connectivity index (χ1n) is 10.9. The summed E-state index contributed by atoms with van der Waals surface area (Å²) in [5.74, 6) is 1.68. The minimum absolute atomic E-state index is 0.0101. The summed E-state index contributed by atoms with van der Waals surface area (Å²) >= 11 is 0. The zero-order valence-corrected chi connectivity index (χ0v) is 17.2. The summed E-state index contributed by atoms with van der Waals surface area (Å²) in [7, 11) is 1.59. The van der Waals surface area contributed by atoms with E-state index in [1.165, 1.54) is 38.5 Å². The van der Waals surface area contributed by atoms with Gasteiger partial charge >= 0.3 is 0 Å². The van der Waals surface area contributed by atoms with Crippen molar-refractivity contribution in [2.75, 3.05) is 33.3 Å². The van der Waals surface area contributed by atoms with Crippen LogP contribution in [0.4, 0.5) is 0 Å². The second kappa shape index (κ2) is 10.5. The average Bonchev–Trinajstić information content (AvgIpc) is 3.00. The van der Waals surface area contributed by atoms with Crippen LogP contribution in [0.2, 0.25) is 0 Å². The smallest absolute Gasteiger partial charge is 0.257 e. The number of carbonyl (C=O) groups excluding carboxylic acids is 2. The molecule has 28 heavy (non-hydrogen) atoms. The highest BCUT2D eigenvalue weighted by atomic mass is 16.5. The van der Waals surface area contributed by atoms with Crippen LogP contribution < -0.4 is 4.74 Å². The molecule has 0 spiro atoms. The molecule has 1 saturated carbocycles. The van der Waals surface area contributed by atoms with Crippen molar-refractivity contribution in [3.63, 3.8) is 0 Å². The molecule has 0 aromatic heterocycles. The zero-order valence-electron chi connectivity index (χ0n) is 17.2. The van der Waals surface area contributed by atoms with E-state index in [4.69, 9.17) is 4.74 Å². The Kier molecular flexibility index (Phi) is 7.75. The fourth-order valence-corrected chi connectivity index (χ4v) is 4.54. The molecule has 1 aliphatic heterocycles. The fraction of sp³-hybridized carbons (Fsp3) is 0.652. The molecule has 3 rings (SSSR count). The summed E-state index contributed by atoms with van der Waals surface area (Å²) < 4.78 is 5.33. The molecule has 1 aromatic carbocycles. The van der Waals surface area contributed by atoms with E-state index in [1.54, 1.807) is 13.2 Å². The van der Waals surface area contributed by atoms with Crippen molar-refractivity contribution in [2.45, 2.75) is 57.8 Å². The molecule has 2 aliphatic rings. The predicted octanol–water partition coefficient (Wildman–Crippen LogP) is 4.12. The quantitative estimate of drug-likeness (QED) is 0.739. The van der Waals surface area contributed by atoms with Crippen LogP contribution in [0.25, 0.3) is 0 Å². The molecule has 0 radical (unpaired) electrons. The Balaban J connectivity index is 1.47. The van der Waals surface area contributed by atoms with Gasteiger partial charge in [-0.3, -0.25) is 9.59 Å². The van der Waals surface area contributed by atoms with Gasteiger partial charge in [-0.15, -0.1) is 0 Å². The molecule has 1 aromatic rings. The van der Waals surface area contributed by atoms with E-state index in [2.05, 4.69) is 0 Å². The van der Waals surface area contributed by atoms with Crippen LogP contribution in [0, 0.1) is 5.92 Å². The SMILES string of the molecule is COc1ccccc1C(=O)N1CCCN(C(=O)CCCC2CCCCC2)CC1. The zero-order chi connectivity index (χ0) is 19.8. The van der Waals surface area contributed by atoms with Crippen molar-refractivity contribution < 1.29 is 14.3 Å². The van der Waals surface area contributed by atoms with Crippen LogP contribution in [0.5, 0.6) is 5.75 Å². The van der Waals surface area contributed by atoms with Crippen molar-refractivity contribution in [1.82, 2.24) is 9.80 Å². The van der Waals surface area contributed by atoms with E-state index in [1.807, 2.05) is 28.0 Å². The van der Waals surface area contributed by atoms with Gasteiger partial charge in [0.05, 0.1) is 12.7 Å². The Hall–Kier alpha value is -2.04. The third-order valence-electron chi connectivity index (χ3n) is 6.20. The lowest BCUT2D eigenvalue weighted by Crippen LogP contribution is -2.37. The van der Waals surface area contributed by atoms with Crippen LogP contribution in [-0.2, 0) is 4.79 Å². The molecular formula is C23H34N2O3. The lowest BCUT2D eigenvalue weighted by molar-refractivity contribution is -0.131. The van der Waals surface area contributed by atoms with Crippen molar-refractivity contribution in [1.29, 1.82) is 0 Å². The van der Waals surface area contributed by atoms with Crippen LogP contribution in [0.1, 0.15) is 68.1 Å². The fourth-order valence-electron chi connectivity index (χ4n) is 4.54. The van der Waals surface area contributed by atoms with Gasteiger partial charge in [0.2, 0.25) is 5.91 Å². The summed E-state index contributed by atoms with van der Waals surface area (Å²) in [6.07, 6.45) is 10.5. The van der Waals surface area contributed by atoms with Crippen LogP contribution in [0.3, 0.4) is 0 Å². The standard InChI is InChI=1S/C23H34N2O3/c1-28-21-13-6-5-12-20(21)23(27)25-16-8-15-24(17-18-25)22(26)14-7-11-19-9-3-2-4-10-19/h5-6,12-13,19H,2-4,7-11,14-18H2,1H3. The van der Waals surface area contributed by atoms with E-state index in [9.17, 15) is 9.59 Å². The highest BCUT2D eigenvalue weighted by Crippen LogP contribution is 2.28. The number of hydrogen-bond donors (Lipinski definition) is 0. The molecule has 0 bridgehead atoms. The number of ether oxygens (including phenoxy) is 1. The number of hydrogen-bond acceptors (Lipinski definition) is 3. The summed E-state index contributed by atoms with van der Waals surface area (Å²) in [5.41, 5.74) is 0.595. The first kappa shape index (κ1) is 20.7. The maximum atomic E-state index is 12.9. The van der Waals surface area contributed by atoms with Gasteiger partial charge in [0, 0.05) is 32.6 Å². The first-order valence-corrected chi connectivity index (χ1v) is 10.9. The molecular weight excluding hydrogens is 352 g/mol. The van der Waals surface area contributed by atoms with Crippen LogP contribution in [-0.4, -0.2) is 54.9 Å². The molecule has 2 amide bonds. The Morgan fingerprint density at radius 1 is 0.964 bits per heavy atom. The Morgan fingerprint density at radius 2 is 1.68 bits per heavy atom. The highest BCUT2D eigenvalue weighted by Gasteiger charge is 2.24. The lowest BCUT2D eigenvalue weighted by Gasteiger charge is -2.24. The monoisotopic (exact) mass is 386 g/mol. The lowest BCUT2D eigenvalue weighted by atomic mass is 9.86. The van der Waals surface area contributed by atoms with E-state index < -0.39 is 0 Å². The number of rotatable bonds is 6. The first-order chi connectivity index (χ1) is 13.7. The summed E-state index contributed by atoms with van der Waals surface area (Å²) in [5, 5.41) is 0. The highest BCUT2D eigenvalue weighted by molar-refractivity contribution is 5.97. The Labute approximate surface area is 169 Å². The second-order valence-corrected chi connectivity index (χ2v) is 8.12. The maximum Gasteiger partial charge on any atom is 0.257 e. The molecule has 5 nitrogen and oxygen atoms in total. The van der Waals surface area contributed by atoms with E-state index in [-0.39, 0.29) is 11.8 Å². The Morgan fingerprint density at radius 3 is 2.46 bits per heavy atom. The van der Waals surface area contributed by atoms with E-state index in [0.717, 1.165) is 25.3 Å². The van der Waals surface area contributed by atoms with Gasteiger partial charge in [-0.25, -0.2) is 0 Å². The van der Waals surface area contributed by atoms with Gasteiger partial charge in [0.25, 0.3) is 5.91 Å². The molecule has 1 aliphatic carbocycles. The van der Waals surface area contributed by atoms with Crippen LogP contribution >= 0.6 is 0 Å². The molecule has 0 unspecified atom stereocenters. The number of methoxy groups -OCH3 is 1. The molecule has 5 heteroatoms. The number of para-hydroxylation sites is 1.